The van der Waals surface area contributed by atoms with Crippen LogP contribution in [0.25, 0.3) is 0 Å². The molecule has 0 radical (unpaired) electrons. The number of anilines is 1. The first-order chi connectivity index (χ1) is 22.1. The van der Waals surface area contributed by atoms with E-state index in [1.54, 1.807) is 18.2 Å². The van der Waals surface area contributed by atoms with Crippen molar-refractivity contribution in [2.75, 3.05) is 31.1 Å². The molecule has 13 heteroatoms. The Hall–Kier alpha value is -4.32. The number of hydrogen-bond donors (Lipinski definition) is 1. The summed E-state index contributed by atoms with van der Waals surface area (Å²) in [5.41, 5.74) is 1.17. The van der Waals surface area contributed by atoms with Crippen molar-refractivity contribution in [1.82, 2.24) is 10.2 Å². The second-order valence-electron chi connectivity index (χ2n) is 10.3. The lowest BCUT2D eigenvalue weighted by Crippen LogP contribution is -2.53. The highest BCUT2D eigenvalue weighted by molar-refractivity contribution is 7.92. The first-order valence-corrected chi connectivity index (χ1v) is 16.4. The minimum absolute atomic E-state index is 0.0277. The first kappa shape index (κ1) is 33.1. The summed E-state index contributed by atoms with van der Waals surface area (Å²) in [7, 11) is -3.01. The Balaban J connectivity index is 1.58. The van der Waals surface area contributed by atoms with E-state index in [1.165, 1.54) is 42.3 Å². The monoisotopic (exact) mass is 685 g/mol. The second kappa shape index (κ2) is 14.4. The van der Waals surface area contributed by atoms with Gasteiger partial charge in [-0.05, 0) is 54.1 Å². The minimum Gasteiger partial charge on any atom is -0.486 e. The molecule has 4 aromatic carbocycles. The third-order valence-electron chi connectivity index (χ3n) is 7.40. The number of halogens is 3. The molecule has 4 aromatic rings. The predicted molar refractivity (Wildman–Crippen MR) is 173 cm³/mol. The Bertz CT molecular complexity index is 1810. The van der Waals surface area contributed by atoms with E-state index in [9.17, 15) is 22.4 Å². The van der Waals surface area contributed by atoms with Crippen LogP contribution in [0.3, 0.4) is 0 Å². The Morgan fingerprint density at radius 1 is 0.891 bits per heavy atom. The van der Waals surface area contributed by atoms with Crippen LogP contribution in [0.15, 0.2) is 95.9 Å². The lowest BCUT2D eigenvalue weighted by atomic mass is 10.0. The summed E-state index contributed by atoms with van der Waals surface area (Å²) in [4.78, 5) is 28.9. The molecule has 0 saturated carbocycles. The summed E-state index contributed by atoms with van der Waals surface area (Å²) in [6.45, 7) is -0.398. The van der Waals surface area contributed by atoms with Crippen LogP contribution in [0, 0.1) is 5.82 Å². The molecule has 0 spiro atoms. The van der Waals surface area contributed by atoms with Gasteiger partial charge in [0.25, 0.3) is 10.0 Å². The van der Waals surface area contributed by atoms with Crippen molar-refractivity contribution < 1.29 is 31.9 Å². The van der Waals surface area contributed by atoms with Gasteiger partial charge in [0.15, 0.2) is 11.5 Å². The van der Waals surface area contributed by atoms with Crippen LogP contribution < -0.4 is 19.1 Å². The molecular weight excluding hydrogens is 656 g/mol. The Morgan fingerprint density at radius 3 is 2.20 bits per heavy atom. The van der Waals surface area contributed by atoms with E-state index in [-0.39, 0.29) is 46.0 Å². The molecule has 0 saturated heterocycles. The van der Waals surface area contributed by atoms with Crippen molar-refractivity contribution in [3.8, 4) is 11.5 Å². The lowest BCUT2D eigenvalue weighted by molar-refractivity contribution is -0.139. The summed E-state index contributed by atoms with van der Waals surface area (Å²) in [6, 6.07) is 21.7. The quantitative estimate of drug-likeness (QED) is 0.224. The number of sulfonamides is 1. The standard InChI is InChI=1S/C33H30Cl2FN3O6S/c1-37-33(41)29(18-22-6-3-2-4-7-22)38(20-26-27(34)8-5-9-28(26)35)32(40)21-39(24-12-10-23(36)11-13-24)46(42,43)25-14-15-30-31(19-25)45-17-16-44-30/h2-15,19,29H,16-18,20-21H2,1H3,(H,37,41). The topological polar surface area (TPSA) is 105 Å². The van der Waals surface area contributed by atoms with Crippen LogP contribution in [0.1, 0.15) is 11.1 Å². The van der Waals surface area contributed by atoms with Crippen LogP contribution in [-0.4, -0.2) is 58.0 Å². The predicted octanol–water partition coefficient (Wildman–Crippen LogP) is 5.49. The van der Waals surface area contributed by atoms with Gasteiger partial charge in [0.2, 0.25) is 11.8 Å². The number of benzene rings is 4. The molecule has 2 amide bonds. The van der Waals surface area contributed by atoms with E-state index in [4.69, 9.17) is 32.7 Å². The zero-order valence-electron chi connectivity index (χ0n) is 24.7. The molecule has 46 heavy (non-hydrogen) atoms. The number of amides is 2. The molecule has 1 unspecified atom stereocenters. The fourth-order valence-electron chi connectivity index (χ4n) is 5.02. The van der Waals surface area contributed by atoms with Crippen molar-refractivity contribution in [3.63, 3.8) is 0 Å². The number of hydrogen-bond acceptors (Lipinski definition) is 6. The number of nitrogens with one attached hydrogen (secondary N) is 1. The molecule has 5 rings (SSSR count). The van der Waals surface area contributed by atoms with Gasteiger partial charge in [-0.1, -0.05) is 59.6 Å². The highest BCUT2D eigenvalue weighted by Crippen LogP contribution is 2.35. The van der Waals surface area contributed by atoms with Crippen LogP contribution in [-0.2, 0) is 32.6 Å². The number of fused-ring (bicyclic) bond motifs is 1. The number of carbonyl (C=O) groups excluding carboxylic acids is 2. The van der Waals surface area contributed by atoms with Gasteiger partial charge in [-0.2, -0.15) is 0 Å². The molecule has 9 nitrogen and oxygen atoms in total. The molecule has 1 atom stereocenters. The molecule has 0 aromatic heterocycles. The molecule has 240 valence electrons. The van der Waals surface area contributed by atoms with E-state index in [0.29, 0.717) is 17.9 Å². The van der Waals surface area contributed by atoms with Gasteiger partial charge in [0.1, 0.15) is 31.6 Å². The van der Waals surface area contributed by atoms with E-state index in [0.717, 1.165) is 22.0 Å². The maximum Gasteiger partial charge on any atom is 0.264 e. The second-order valence-corrected chi connectivity index (χ2v) is 13.0. The van der Waals surface area contributed by atoms with E-state index < -0.39 is 40.2 Å². The van der Waals surface area contributed by atoms with E-state index in [1.807, 2.05) is 30.3 Å². The van der Waals surface area contributed by atoms with Crippen molar-refractivity contribution in [2.24, 2.45) is 0 Å². The van der Waals surface area contributed by atoms with Crippen LogP contribution in [0.5, 0.6) is 11.5 Å². The highest BCUT2D eigenvalue weighted by Gasteiger charge is 2.35. The van der Waals surface area contributed by atoms with Gasteiger partial charge < -0.3 is 19.7 Å². The average molecular weight is 687 g/mol. The maximum absolute atomic E-state index is 14.4. The van der Waals surface area contributed by atoms with Crippen molar-refractivity contribution >= 4 is 50.7 Å². The molecule has 1 aliphatic heterocycles. The van der Waals surface area contributed by atoms with Crippen molar-refractivity contribution in [1.29, 1.82) is 0 Å². The van der Waals surface area contributed by atoms with Gasteiger partial charge in [-0.3, -0.25) is 13.9 Å². The molecule has 1 N–H and O–H groups in total. The first-order valence-electron chi connectivity index (χ1n) is 14.2. The van der Waals surface area contributed by atoms with E-state index in [2.05, 4.69) is 5.32 Å². The molecule has 1 aliphatic rings. The van der Waals surface area contributed by atoms with Crippen molar-refractivity contribution in [3.05, 3.63) is 118 Å². The third kappa shape index (κ3) is 7.38. The zero-order valence-corrected chi connectivity index (χ0v) is 27.0. The molecule has 0 bridgehead atoms. The number of ether oxygens (including phenoxy) is 2. The van der Waals surface area contributed by atoms with Crippen LogP contribution in [0.2, 0.25) is 10.0 Å². The third-order valence-corrected chi connectivity index (χ3v) is 9.88. The maximum atomic E-state index is 14.4. The smallest absolute Gasteiger partial charge is 0.264 e. The SMILES string of the molecule is CNC(=O)C(Cc1ccccc1)N(Cc1c(Cl)cccc1Cl)C(=O)CN(c1ccc(F)cc1)S(=O)(=O)c1ccc2c(c1)OCCO2. The summed E-state index contributed by atoms with van der Waals surface area (Å²) < 4.78 is 54.4. The number of likely N-dealkylation sites (N-methyl/N-ethyl adjacent to an activating group) is 1. The van der Waals surface area contributed by atoms with Crippen LogP contribution >= 0.6 is 23.2 Å². The summed E-state index contributed by atoms with van der Waals surface area (Å²) in [5, 5.41) is 3.14. The Morgan fingerprint density at radius 2 is 1.54 bits per heavy atom. The summed E-state index contributed by atoms with van der Waals surface area (Å²) >= 11 is 13.0. The average Bonchev–Trinajstić information content (AvgIpc) is 3.06. The number of rotatable bonds is 11. The van der Waals surface area contributed by atoms with Crippen molar-refractivity contribution in [2.45, 2.75) is 23.9 Å². The van der Waals surface area contributed by atoms with Gasteiger partial charge in [-0.25, -0.2) is 12.8 Å². The zero-order chi connectivity index (χ0) is 32.8. The molecule has 1 heterocycles. The highest BCUT2D eigenvalue weighted by atomic mass is 35.5. The Kier molecular flexibility index (Phi) is 10.4. The summed E-state index contributed by atoms with van der Waals surface area (Å²) in [5.74, 6) is -1.19. The van der Waals surface area contributed by atoms with Gasteiger partial charge in [0.05, 0.1) is 10.6 Å². The van der Waals surface area contributed by atoms with Gasteiger partial charge in [0, 0.05) is 41.7 Å². The Labute approximate surface area is 276 Å². The van der Waals surface area contributed by atoms with Gasteiger partial charge in [-0.15, -0.1) is 0 Å². The fraction of sp³-hybridized carbons (Fsp3) is 0.212. The van der Waals surface area contributed by atoms with Crippen LogP contribution in [0.4, 0.5) is 10.1 Å². The number of nitrogens with zero attached hydrogens (tertiary/aromatic N) is 2. The largest absolute Gasteiger partial charge is 0.486 e. The molecular formula is C33H30Cl2FN3O6S. The van der Waals surface area contributed by atoms with E-state index >= 15 is 0 Å². The normalized spacial score (nSPS) is 13.0. The van der Waals surface area contributed by atoms with Gasteiger partial charge >= 0.3 is 0 Å². The summed E-state index contributed by atoms with van der Waals surface area (Å²) in [6.07, 6.45) is 0.111. The lowest BCUT2D eigenvalue weighted by Gasteiger charge is -2.34. The number of carbonyl (C=O) groups is 2. The minimum atomic E-state index is -4.45. The molecule has 0 fully saturated rings. The molecule has 0 aliphatic carbocycles. The fourth-order valence-corrected chi connectivity index (χ4v) is 6.97.